The van der Waals surface area contributed by atoms with Crippen molar-refractivity contribution < 1.29 is 4.74 Å². The fourth-order valence-electron chi connectivity index (χ4n) is 2.57. The molecule has 0 aliphatic carbocycles. The Morgan fingerprint density at radius 1 is 1.15 bits per heavy atom. The zero-order valence-electron chi connectivity index (χ0n) is 11.5. The third-order valence-corrected chi connectivity index (χ3v) is 3.80. The maximum absolute atomic E-state index is 6.26. The third kappa shape index (κ3) is 2.16. The van der Waals surface area contributed by atoms with Crippen LogP contribution in [0.4, 0.5) is 5.69 Å². The molecular formula is C17H18N2O. The first kappa shape index (κ1) is 12.7. The first-order valence-corrected chi connectivity index (χ1v) is 6.90. The molecular weight excluding hydrogens is 248 g/mol. The smallest absolute Gasteiger partial charge is 0.169 e. The van der Waals surface area contributed by atoms with Crippen LogP contribution in [-0.2, 0) is 6.42 Å². The number of amidine groups is 1. The van der Waals surface area contributed by atoms with Crippen LogP contribution in [0.25, 0.3) is 0 Å². The van der Waals surface area contributed by atoms with Gasteiger partial charge >= 0.3 is 0 Å². The van der Waals surface area contributed by atoms with Gasteiger partial charge in [-0.2, -0.15) is 0 Å². The molecule has 0 saturated carbocycles. The molecule has 1 atom stereocenters. The molecule has 1 aliphatic heterocycles. The number of hydrogen-bond donors (Lipinski definition) is 1. The quantitative estimate of drug-likeness (QED) is 0.683. The van der Waals surface area contributed by atoms with Crippen LogP contribution < -0.4 is 10.5 Å². The summed E-state index contributed by atoms with van der Waals surface area (Å²) in [6.07, 6.45) is 1.58. The largest absolute Gasteiger partial charge is 0.479 e. The van der Waals surface area contributed by atoms with Gasteiger partial charge in [-0.25, -0.2) is 4.99 Å². The van der Waals surface area contributed by atoms with E-state index in [1.54, 1.807) is 0 Å². The van der Waals surface area contributed by atoms with Gasteiger partial charge in [-0.1, -0.05) is 43.3 Å². The number of para-hydroxylation sites is 2. The molecule has 0 bridgehead atoms. The second kappa shape index (κ2) is 5.00. The molecule has 1 heterocycles. The SMILES string of the molecule is CCC1(C(N)=Nc2ccccc2)Cc2ccccc2O1. The topological polar surface area (TPSA) is 47.6 Å². The molecule has 0 amide bonds. The molecule has 0 aromatic heterocycles. The molecule has 0 saturated heterocycles. The molecule has 0 spiro atoms. The molecule has 3 rings (SSSR count). The lowest BCUT2D eigenvalue weighted by molar-refractivity contribution is 0.164. The van der Waals surface area contributed by atoms with E-state index < -0.39 is 5.60 Å². The average molecular weight is 266 g/mol. The molecule has 2 N–H and O–H groups in total. The Morgan fingerprint density at radius 3 is 2.55 bits per heavy atom. The molecule has 1 aliphatic rings. The van der Waals surface area contributed by atoms with Crippen LogP contribution in [0.1, 0.15) is 18.9 Å². The molecule has 2 aromatic carbocycles. The number of rotatable bonds is 3. The molecule has 0 radical (unpaired) electrons. The van der Waals surface area contributed by atoms with E-state index in [9.17, 15) is 0 Å². The summed E-state index contributed by atoms with van der Waals surface area (Å²) in [5.74, 6) is 1.46. The number of ether oxygens (including phenoxy) is 1. The van der Waals surface area contributed by atoms with E-state index in [0.717, 1.165) is 24.3 Å². The first-order chi connectivity index (χ1) is 9.73. The molecule has 0 fully saturated rings. The predicted molar refractivity (Wildman–Crippen MR) is 81.5 cm³/mol. The van der Waals surface area contributed by atoms with Gasteiger partial charge in [0, 0.05) is 6.42 Å². The number of nitrogens with zero attached hydrogens (tertiary/aromatic N) is 1. The highest BCUT2D eigenvalue weighted by molar-refractivity contribution is 5.92. The molecule has 102 valence electrons. The summed E-state index contributed by atoms with van der Waals surface area (Å²) in [7, 11) is 0. The van der Waals surface area contributed by atoms with E-state index in [4.69, 9.17) is 10.5 Å². The van der Waals surface area contributed by atoms with Crippen LogP contribution >= 0.6 is 0 Å². The Labute approximate surface area is 119 Å². The molecule has 3 heteroatoms. The van der Waals surface area contributed by atoms with Gasteiger partial charge in [0.05, 0.1) is 5.69 Å². The van der Waals surface area contributed by atoms with E-state index in [1.807, 2.05) is 48.5 Å². The van der Waals surface area contributed by atoms with E-state index in [1.165, 1.54) is 5.56 Å². The second-order valence-corrected chi connectivity index (χ2v) is 5.07. The summed E-state index contributed by atoms with van der Waals surface area (Å²) in [6, 6.07) is 17.8. The van der Waals surface area contributed by atoms with Crippen molar-refractivity contribution in [3.63, 3.8) is 0 Å². The summed E-state index contributed by atoms with van der Waals surface area (Å²) in [5, 5.41) is 0. The molecule has 3 nitrogen and oxygen atoms in total. The van der Waals surface area contributed by atoms with Gasteiger partial charge in [0.1, 0.15) is 11.6 Å². The predicted octanol–water partition coefficient (Wildman–Crippen LogP) is 3.46. The van der Waals surface area contributed by atoms with Crippen LogP contribution in [0.15, 0.2) is 59.6 Å². The van der Waals surface area contributed by atoms with Crippen LogP contribution in [0.2, 0.25) is 0 Å². The maximum Gasteiger partial charge on any atom is 0.169 e. The van der Waals surface area contributed by atoms with Crippen molar-refractivity contribution in [2.24, 2.45) is 10.7 Å². The number of hydrogen-bond acceptors (Lipinski definition) is 2. The minimum atomic E-state index is -0.514. The van der Waals surface area contributed by atoms with Crippen molar-refractivity contribution in [3.8, 4) is 5.75 Å². The highest BCUT2D eigenvalue weighted by atomic mass is 16.5. The van der Waals surface area contributed by atoms with Crippen molar-refractivity contribution in [2.45, 2.75) is 25.4 Å². The lowest BCUT2D eigenvalue weighted by atomic mass is 9.93. The highest BCUT2D eigenvalue weighted by Gasteiger charge is 2.41. The Hall–Kier alpha value is -2.29. The zero-order valence-corrected chi connectivity index (χ0v) is 11.5. The van der Waals surface area contributed by atoms with Crippen molar-refractivity contribution in [1.82, 2.24) is 0 Å². The fourth-order valence-corrected chi connectivity index (χ4v) is 2.57. The summed E-state index contributed by atoms with van der Waals surface area (Å²) in [5.41, 5.74) is 7.80. The third-order valence-electron chi connectivity index (χ3n) is 3.80. The van der Waals surface area contributed by atoms with Gasteiger partial charge < -0.3 is 10.5 Å². The number of aliphatic imine (C=N–C) groups is 1. The highest BCUT2D eigenvalue weighted by Crippen LogP contribution is 2.37. The Kier molecular flexibility index (Phi) is 3.18. The van der Waals surface area contributed by atoms with Gasteiger partial charge in [-0.05, 0) is 30.2 Å². The second-order valence-electron chi connectivity index (χ2n) is 5.07. The molecule has 20 heavy (non-hydrogen) atoms. The van der Waals surface area contributed by atoms with Crippen molar-refractivity contribution in [2.75, 3.05) is 0 Å². The molecule has 1 unspecified atom stereocenters. The number of benzene rings is 2. The minimum absolute atomic E-state index is 0.514. The Balaban J connectivity index is 1.94. The first-order valence-electron chi connectivity index (χ1n) is 6.90. The monoisotopic (exact) mass is 266 g/mol. The van der Waals surface area contributed by atoms with Gasteiger partial charge in [-0.3, -0.25) is 0 Å². The van der Waals surface area contributed by atoms with Crippen LogP contribution in [0.5, 0.6) is 5.75 Å². The van der Waals surface area contributed by atoms with Crippen LogP contribution in [-0.4, -0.2) is 11.4 Å². The summed E-state index contributed by atoms with van der Waals surface area (Å²) in [4.78, 5) is 4.54. The fraction of sp³-hybridized carbons (Fsp3) is 0.235. The van der Waals surface area contributed by atoms with Crippen molar-refractivity contribution in [1.29, 1.82) is 0 Å². The normalized spacial score (nSPS) is 21.4. The maximum atomic E-state index is 6.26. The van der Waals surface area contributed by atoms with E-state index in [0.29, 0.717) is 5.84 Å². The van der Waals surface area contributed by atoms with Crippen molar-refractivity contribution >= 4 is 11.5 Å². The van der Waals surface area contributed by atoms with Gasteiger partial charge in [0.2, 0.25) is 0 Å². The van der Waals surface area contributed by atoms with Crippen molar-refractivity contribution in [3.05, 3.63) is 60.2 Å². The van der Waals surface area contributed by atoms with Crippen LogP contribution in [0.3, 0.4) is 0 Å². The summed E-state index contributed by atoms with van der Waals surface area (Å²) in [6.45, 7) is 2.08. The van der Waals surface area contributed by atoms with E-state index >= 15 is 0 Å². The Morgan fingerprint density at radius 2 is 1.85 bits per heavy atom. The number of fused-ring (bicyclic) bond motifs is 1. The van der Waals surface area contributed by atoms with Gasteiger partial charge in [0.25, 0.3) is 0 Å². The van der Waals surface area contributed by atoms with Gasteiger partial charge in [0.15, 0.2) is 5.60 Å². The minimum Gasteiger partial charge on any atom is -0.479 e. The number of nitrogens with two attached hydrogens (primary N) is 1. The van der Waals surface area contributed by atoms with Gasteiger partial charge in [-0.15, -0.1) is 0 Å². The van der Waals surface area contributed by atoms with Crippen LogP contribution in [0, 0.1) is 0 Å². The molecule has 2 aromatic rings. The Bertz CT molecular complexity index is 609. The lowest BCUT2D eigenvalue weighted by Crippen LogP contribution is -2.47. The summed E-state index contributed by atoms with van der Waals surface area (Å²) < 4.78 is 6.12. The zero-order chi connectivity index (χ0) is 14.0. The average Bonchev–Trinajstić information content (AvgIpc) is 2.88. The van der Waals surface area contributed by atoms with E-state index in [-0.39, 0.29) is 0 Å². The summed E-state index contributed by atoms with van der Waals surface area (Å²) >= 11 is 0. The standard InChI is InChI=1S/C17H18N2O/c1-2-17(12-13-8-6-7-11-15(13)20-17)16(18)19-14-9-4-3-5-10-14/h3-11H,2,12H2,1H3,(H2,18,19). The lowest BCUT2D eigenvalue weighted by Gasteiger charge is -2.26. The van der Waals surface area contributed by atoms with E-state index in [2.05, 4.69) is 18.0 Å².